The third kappa shape index (κ3) is 9.12. The van der Waals surface area contributed by atoms with Crippen LogP contribution >= 0.6 is 8.85 Å². The van der Waals surface area contributed by atoms with Crippen molar-refractivity contribution in [3.8, 4) is 0 Å². The molecule has 2 nitrogen and oxygen atoms in total. The number of rotatable bonds is 4. The van der Waals surface area contributed by atoms with E-state index in [1.165, 1.54) is 10.6 Å². The maximum Gasteiger partial charge on any atom is 2.00 e. The van der Waals surface area contributed by atoms with Gasteiger partial charge in [0.1, 0.15) is 0 Å². The molecule has 0 aliphatic rings. The molecular weight excluding hydrogens is 785 g/mol. The predicted molar refractivity (Wildman–Crippen MR) is 109 cm³/mol. The van der Waals surface area contributed by atoms with Crippen molar-refractivity contribution in [3.05, 3.63) is 60.7 Å². The molecule has 0 fully saturated rings. The van der Waals surface area contributed by atoms with Crippen LogP contribution in [-0.2, 0) is 9.05 Å². The fourth-order valence-corrected chi connectivity index (χ4v) is 5.99. The van der Waals surface area contributed by atoms with E-state index in [2.05, 4.69) is 85.6 Å². The third-order valence-corrected chi connectivity index (χ3v) is 14.5. The van der Waals surface area contributed by atoms with Gasteiger partial charge in [-0.3, -0.25) is 0 Å². The van der Waals surface area contributed by atoms with E-state index in [0.29, 0.717) is 0 Å². The van der Waals surface area contributed by atoms with E-state index in [0.717, 1.165) is 0 Å². The van der Waals surface area contributed by atoms with E-state index < -0.39 is 8.85 Å². The van der Waals surface area contributed by atoms with Crippen LogP contribution in [0, 0.1) is 0 Å². The van der Waals surface area contributed by atoms with Gasteiger partial charge in [-0.2, -0.15) is 0 Å². The summed E-state index contributed by atoms with van der Waals surface area (Å²) < 4.78 is 7.60. The minimum atomic E-state index is -1.53. The van der Waals surface area contributed by atoms with Crippen LogP contribution in [0.15, 0.2) is 60.7 Å². The summed E-state index contributed by atoms with van der Waals surface area (Å²) in [6.45, 7) is 0. The molecule has 0 amide bonds. The summed E-state index contributed by atoms with van der Waals surface area (Å²) in [5, 5.41) is 2.42. The zero-order valence-corrected chi connectivity index (χ0v) is 25.1. The minimum absolute atomic E-state index is 0. The number of benzene rings is 2. The van der Waals surface area contributed by atoms with Gasteiger partial charge in [-0.1, -0.05) is 0 Å². The first-order valence-corrected chi connectivity index (χ1v) is 18.5. The van der Waals surface area contributed by atoms with Crippen LogP contribution in [0.5, 0.6) is 0 Å². The van der Waals surface area contributed by atoms with Crippen molar-refractivity contribution in [1.29, 1.82) is 0 Å². The van der Waals surface area contributed by atoms with E-state index in [9.17, 15) is 0 Å². The fourth-order valence-electron chi connectivity index (χ4n) is 1.43. The molecule has 122 valence electrons. The Bertz CT molecular complexity index is 611. The molecular formula is C14H16O2P2PbSe4. The standard InChI is InChI=1S/2C7H9OPSe2.Pb/c2*1-8-9(10,11)7-5-3-2-4-6-7;/h2*2-6H,1H3,(H,10,11);/q;;+2/p-2. The summed E-state index contributed by atoms with van der Waals surface area (Å²) in [4.78, 5) is 0. The second-order valence-corrected chi connectivity index (χ2v) is 27.8. The molecule has 0 aliphatic carbocycles. The molecule has 0 aliphatic heterocycles. The molecule has 0 saturated carbocycles. The average Bonchev–Trinajstić information content (AvgIpc) is 2.57. The second-order valence-electron chi connectivity index (χ2n) is 4.03. The summed E-state index contributed by atoms with van der Waals surface area (Å²) >= 11 is 12.2. The van der Waals surface area contributed by atoms with Crippen molar-refractivity contribution in [1.82, 2.24) is 0 Å². The van der Waals surface area contributed by atoms with E-state index in [-0.39, 0.29) is 27.3 Å². The largest absolute Gasteiger partial charge is 2.00 e. The first-order valence-electron chi connectivity index (χ1n) is 6.18. The first kappa shape index (κ1) is 25.2. The summed E-state index contributed by atoms with van der Waals surface area (Å²) in [6, 6.07) is 20.3. The molecule has 0 aromatic heterocycles. The predicted octanol–water partition coefficient (Wildman–Crippen LogP) is 1.73. The molecule has 0 N–H and O–H groups in total. The second kappa shape index (κ2) is 12.6. The minimum Gasteiger partial charge on any atom is 2.00 e. The van der Waals surface area contributed by atoms with E-state index >= 15 is 0 Å². The Morgan fingerprint density at radius 3 is 1.17 bits per heavy atom. The summed E-state index contributed by atoms with van der Waals surface area (Å²) in [6.07, 6.45) is 0. The van der Waals surface area contributed by atoms with Crippen molar-refractivity contribution in [3.63, 3.8) is 0 Å². The van der Waals surface area contributed by atoms with Crippen molar-refractivity contribution < 1.29 is 9.05 Å². The Hall–Kier alpha value is 2.22. The van der Waals surface area contributed by atoms with Gasteiger partial charge < -0.3 is 0 Å². The molecule has 2 aromatic carbocycles. The summed E-state index contributed by atoms with van der Waals surface area (Å²) in [5.74, 6) is 0. The Labute approximate surface area is 189 Å². The SMILES string of the molecule is CO[P@](=[Se])([Se-])c1ccccc1.CO[P@](=[Se])([Se-])c1ccccc1.[Pb+2]. The van der Waals surface area contributed by atoms with Crippen LogP contribution in [0.2, 0.25) is 0 Å². The van der Waals surface area contributed by atoms with Gasteiger partial charge in [0.15, 0.2) is 0 Å². The zero-order chi connectivity index (χ0) is 16.6. The topological polar surface area (TPSA) is 18.5 Å². The number of hydrogen-bond donors (Lipinski definition) is 0. The Kier molecular flexibility index (Phi) is 13.8. The summed E-state index contributed by atoms with van der Waals surface area (Å²) in [7, 11) is 3.43. The Morgan fingerprint density at radius 1 is 0.696 bits per heavy atom. The molecule has 2 radical (unpaired) electrons. The van der Waals surface area contributed by atoms with Crippen molar-refractivity contribution in [2.45, 2.75) is 0 Å². The molecule has 0 spiro atoms. The van der Waals surface area contributed by atoms with Gasteiger partial charge >= 0.3 is 192 Å². The molecule has 0 bridgehead atoms. The van der Waals surface area contributed by atoms with Gasteiger partial charge in [0.2, 0.25) is 0 Å². The van der Waals surface area contributed by atoms with Crippen LogP contribution in [-0.4, -0.2) is 103 Å². The molecule has 2 rings (SSSR count). The van der Waals surface area contributed by atoms with E-state index in [1.54, 1.807) is 14.2 Å². The van der Waals surface area contributed by atoms with Crippen LogP contribution in [0.3, 0.4) is 0 Å². The fraction of sp³-hybridized carbons (Fsp3) is 0.143. The maximum absolute atomic E-state index is 5.32. The van der Waals surface area contributed by atoms with Gasteiger partial charge in [-0.05, 0) is 0 Å². The van der Waals surface area contributed by atoms with Gasteiger partial charge in [0.05, 0.1) is 0 Å². The molecule has 23 heavy (non-hydrogen) atoms. The number of hydrogen-bond acceptors (Lipinski definition) is 2. The van der Waals surface area contributed by atoms with E-state index in [4.69, 9.17) is 9.05 Å². The molecule has 0 unspecified atom stereocenters. The smallest absolute Gasteiger partial charge is 2.00 e. The Morgan fingerprint density at radius 2 is 0.957 bits per heavy atom. The molecule has 0 saturated heterocycles. The quantitative estimate of drug-likeness (QED) is 0.347. The monoisotopic (exact) mass is 806 g/mol. The normalized spacial score (nSPS) is 15.1. The van der Waals surface area contributed by atoms with Crippen LogP contribution < -0.4 is 10.6 Å². The van der Waals surface area contributed by atoms with Gasteiger partial charge in [-0.15, -0.1) is 0 Å². The van der Waals surface area contributed by atoms with Gasteiger partial charge in [0, 0.05) is 0 Å². The summed E-state index contributed by atoms with van der Waals surface area (Å²) in [5.41, 5.74) is 0. The Balaban J connectivity index is 0.000000403. The van der Waals surface area contributed by atoms with Crippen molar-refractivity contribution in [2.75, 3.05) is 14.2 Å². The maximum atomic E-state index is 5.32. The third-order valence-electron chi connectivity index (χ3n) is 2.63. The molecule has 2 atom stereocenters. The first-order chi connectivity index (χ1) is 10.3. The van der Waals surface area contributed by atoms with Crippen molar-refractivity contribution in [2.24, 2.45) is 0 Å². The molecule has 9 heteroatoms. The molecule has 0 heterocycles. The van der Waals surface area contributed by atoms with Crippen LogP contribution in [0.1, 0.15) is 0 Å². The van der Waals surface area contributed by atoms with Crippen molar-refractivity contribution >= 4 is 108 Å². The van der Waals surface area contributed by atoms with Gasteiger partial charge in [0.25, 0.3) is 0 Å². The van der Waals surface area contributed by atoms with E-state index in [1.807, 2.05) is 36.4 Å². The average molecular weight is 801 g/mol. The molecule has 2 aromatic rings. The zero-order valence-electron chi connectivity index (χ0n) is 12.6. The van der Waals surface area contributed by atoms with Gasteiger partial charge in [-0.25, -0.2) is 0 Å². The van der Waals surface area contributed by atoms with Crippen LogP contribution in [0.25, 0.3) is 0 Å². The van der Waals surface area contributed by atoms with Crippen LogP contribution in [0.4, 0.5) is 0 Å².